The average molecular weight is 357 g/mol. The van der Waals surface area contributed by atoms with E-state index >= 15 is 0 Å². The molecule has 26 heavy (non-hydrogen) atoms. The van der Waals surface area contributed by atoms with Gasteiger partial charge < -0.3 is 9.80 Å². The maximum atomic E-state index is 5.04. The molecule has 2 aliphatic rings. The zero-order chi connectivity index (χ0) is 18.3. The summed E-state index contributed by atoms with van der Waals surface area (Å²) >= 11 is 0. The lowest BCUT2D eigenvalue weighted by Gasteiger charge is -2.25. The van der Waals surface area contributed by atoms with Gasteiger partial charge in [-0.2, -0.15) is 5.10 Å². The van der Waals surface area contributed by atoms with Gasteiger partial charge >= 0.3 is 0 Å². The fourth-order valence-electron chi connectivity index (χ4n) is 4.64. The second kappa shape index (κ2) is 7.14. The van der Waals surface area contributed by atoms with Crippen LogP contribution in [0.15, 0.2) is 6.20 Å². The minimum atomic E-state index is 0.518. The van der Waals surface area contributed by atoms with E-state index in [0.717, 1.165) is 29.2 Å². The highest BCUT2D eigenvalue weighted by molar-refractivity contribution is 5.86. The van der Waals surface area contributed by atoms with Gasteiger partial charge in [-0.3, -0.25) is 4.68 Å². The highest BCUT2D eigenvalue weighted by atomic mass is 15.3. The Morgan fingerprint density at radius 1 is 1.19 bits per heavy atom. The van der Waals surface area contributed by atoms with Crippen molar-refractivity contribution in [2.45, 2.75) is 57.9 Å². The molecule has 1 atom stereocenters. The molecule has 6 heteroatoms. The fraction of sp³-hybridized carbons (Fsp3) is 0.750. The van der Waals surface area contributed by atoms with Crippen molar-refractivity contribution in [3.63, 3.8) is 0 Å². The first kappa shape index (κ1) is 17.7. The third-order valence-corrected chi connectivity index (χ3v) is 6.25. The maximum absolute atomic E-state index is 5.04. The molecule has 1 aliphatic carbocycles. The SMILES string of the molecule is CC(C)N1CC[C@H](CN(C)c2nc(C3CCCC3)nc3c2cnn3C)C1. The molecule has 1 aliphatic heterocycles. The summed E-state index contributed by atoms with van der Waals surface area (Å²) in [5, 5.41) is 5.53. The molecule has 1 saturated carbocycles. The van der Waals surface area contributed by atoms with Gasteiger partial charge in [0.25, 0.3) is 0 Å². The van der Waals surface area contributed by atoms with Crippen LogP contribution in [0.3, 0.4) is 0 Å². The van der Waals surface area contributed by atoms with Gasteiger partial charge in [0, 0.05) is 39.1 Å². The molecule has 0 amide bonds. The predicted octanol–water partition coefficient (Wildman–Crippen LogP) is 3.19. The van der Waals surface area contributed by atoms with Crippen molar-refractivity contribution in [2.75, 3.05) is 31.6 Å². The number of aryl methyl sites for hydroxylation is 1. The minimum Gasteiger partial charge on any atom is -0.359 e. The molecule has 4 rings (SSSR count). The second-order valence-corrected chi connectivity index (χ2v) is 8.52. The van der Waals surface area contributed by atoms with Crippen LogP contribution in [0, 0.1) is 5.92 Å². The molecule has 3 heterocycles. The van der Waals surface area contributed by atoms with E-state index in [9.17, 15) is 0 Å². The number of nitrogens with zero attached hydrogens (tertiary/aromatic N) is 6. The second-order valence-electron chi connectivity index (χ2n) is 8.52. The number of hydrogen-bond donors (Lipinski definition) is 0. The molecule has 0 N–H and O–H groups in total. The van der Waals surface area contributed by atoms with Crippen molar-refractivity contribution < 1.29 is 0 Å². The van der Waals surface area contributed by atoms with E-state index in [0.29, 0.717) is 17.9 Å². The Morgan fingerprint density at radius 3 is 2.65 bits per heavy atom. The number of likely N-dealkylation sites (tertiary alicyclic amines) is 1. The van der Waals surface area contributed by atoms with Crippen LogP contribution in [0.2, 0.25) is 0 Å². The molecule has 2 fully saturated rings. The Balaban J connectivity index is 1.60. The Labute approximate surface area is 156 Å². The van der Waals surface area contributed by atoms with Gasteiger partial charge in [0.1, 0.15) is 11.6 Å². The van der Waals surface area contributed by atoms with Crippen molar-refractivity contribution in [3.05, 3.63) is 12.0 Å². The van der Waals surface area contributed by atoms with Crippen LogP contribution in [0.1, 0.15) is 57.7 Å². The number of anilines is 1. The van der Waals surface area contributed by atoms with Gasteiger partial charge in [-0.15, -0.1) is 0 Å². The minimum absolute atomic E-state index is 0.518. The first-order chi connectivity index (χ1) is 12.5. The third kappa shape index (κ3) is 3.31. The van der Waals surface area contributed by atoms with Gasteiger partial charge in [0.15, 0.2) is 5.65 Å². The summed E-state index contributed by atoms with van der Waals surface area (Å²) in [6, 6.07) is 0.642. The van der Waals surface area contributed by atoms with Crippen LogP contribution in [-0.4, -0.2) is 57.4 Å². The summed E-state index contributed by atoms with van der Waals surface area (Å²) in [6.45, 7) is 8.05. The molecule has 6 nitrogen and oxygen atoms in total. The molecule has 2 aromatic rings. The number of fused-ring (bicyclic) bond motifs is 1. The Kier molecular flexibility index (Phi) is 4.86. The van der Waals surface area contributed by atoms with Crippen LogP contribution < -0.4 is 4.90 Å². The van der Waals surface area contributed by atoms with Crippen molar-refractivity contribution in [2.24, 2.45) is 13.0 Å². The lowest BCUT2D eigenvalue weighted by atomic mass is 10.1. The fourth-order valence-corrected chi connectivity index (χ4v) is 4.64. The summed E-state index contributed by atoms with van der Waals surface area (Å²) in [5.41, 5.74) is 0.971. The largest absolute Gasteiger partial charge is 0.359 e. The molecule has 2 aromatic heterocycles. The zero-order valence-electron chi connectivity index (χ0n) is 16.6. The van der Waals surface area contributed by atoms with E-state index in [1.807, 2.05) is 17.9 Å². The van der Waals surface area contributed by atoms with E-state index in [1.54, 1.807) is 0 Å². The van der Waals surface area contributed by atoms with Gasteiger partial charge in [-0.1, -0.05) is 12.8 Å². The maximum Gasteiger partial charge on any atom is 0.163 e. The molecule has 0 bridgehead atoms. The monoisotopic (exact) mass is 356 g/mol. The molecular weight excluding hydrogens is 324 g/mol. The Bertz CT molecular complexity index is 761. The average Bonchev–Trinajstić information content (AvgIpc) is 3.35. The molecule has 142 valence electrons. The molecule has 0 aromatic carbocycles. The molecule has 0 spiro atoms. The van der Waals surface area contributed by atoms with Crippen molar-refractivity contribution >= 4 is 16.9 Å². The standard InChI is InChI=1S/C20H32N6/c1-14(2)26-10-9-15(13-26)12-24(3)19-17-11-21-25(4)20(17)23-18(22-19)16-7-5-6-8-16/h11,14-16H,5-10,12-13H2,1-4H3/t15-/m1/s1. The van der Waals surface area contributed by atoms with Crippen LogP contribution in [0.4, 0.5) is 5.82 Å². The van der Waals surface area contributed by atoms with Gasteiger partial charge in [0.05, 0.1) is 11.6 Å². The van der Waals surface area contributed by atoms with Gasteiger partial charge in [0.2, 0.25) is 0 Å². The molecule has 1 saturated heterocycles. The summed E-state index contributed by atoms with van der Waals surface area (Å²) in [7, 11) is 4.17. The van der Waals surface area contributed by atoms with Crippen LogP contribution in [0.25, 0.3) is 11.0 Å². The van der Waals surface area contributed by atoms with E-state index in [2.05, 4.69) is 35.8 Å². The van der Waals surface area contributed by atoms with Gasteiger partial charge in [-0.05, 0) is 45.6 Å². The van der Waals surface area contributed by atoms with Gasteiger partial charge in [-0.25, -0.2) is 9.97 Å². The topological polar surface area (TPSA) is 50.1 Å². The van der Waals surface area contributed by atoms with Crippen LogP contribution in [-0.2, 0) is 7.05 Å². The number of hydrogen-bond acceptors (Lipinski definition) is 5. The number of aromatic nitrogens is 4. The van der Waals surface area contributed by atoms with E-state index < -0.39 is 0 Å². The van der Waals surface area contributed by atoms with E-state index in [4.69, 9.17) is 9.97 Å². The molecule has 0 unspecified atom stereocenters. The van der Waals surface area contributed by atoms with E-state index in [-0.39, 0.29) is 0 Å². The summed E-state index contributed by atoms with van der Waals surface area (Å²) in [6.07, 6.45) is 8.25. The zero-order valence-corrected chi connectivity index (χ0v) is 16.6. The Morgan fingerprint density at radius 2 is 1.96 bits per heavy atom. The Hall–Kier alpha value is -1.69. The smallest absolute Gasteiger partial charge is 0.163 e. The molecular formula is C20H32N6. The van der Waals surface area contributed by atoms with E-state index in [1.165, 1.54) is 45.2 Å². The first-order valence-corrected chi connectivity index (χ1v) is 10.2. The summed E-state index contributed by atoms with van der Waals surface area (Å²) < 4.78 is 1.89. The quantitative estimate of drug-likeness (QED) is 0.823. The van der Waals surface area contributed by atoms with Crippen LogP contribution >= 0.6 is 0 Å². The third-order valence-electron chi connectivity index (χ3n) is 6.25. The summed E-state index contributed by atoms with van der Waals surface area (Å²) in [4.78, 5) is 14.9. The number of rotatable bonds is 5. The lowest BCUT2D eigenvalue weighted by Crippen LogP contribution is -2.32. The lowest BCUT2D eigenvalue weighted by molar-refractivity contribution is 0.265. The molecule has 0 radical (unpaired) electrons. The highest BCUT2D eigenvalue weighted by Crippen LogP contribution is 2.35. The van der Waals surface area contributed by atoms with Crippen molar-refractivity contribution in [1.29, 1.82) is 0 Å². The normalized spacial score (nSPS) is 22.1. The predicted molar refractivity (Wildman–Crippen MR) is 106 cm³/mol. The van der Waals surface area contributed by atoms with Crippen LogP contribution in [0.5, 0.6) is 0 Å². The summed E-state index contributed by atoms with van der Waals surface area (Å²) in [5.74, 6) is 3.31. The first-order valence-electron chi connectivity index (χ1n) is 10.2. The van der Waals surface area contributed by atoms with Crippen molar-refractivity contribution in [1.82, 2.24) is 24.6 Å². The van der Waals surface area contributed by atoms with Crippen molar-refractivity contribution in [3.8, 4) is 0 Å². The highest BCUT2D eigenvalue weighted by Gasteiger charge is 2.27.